The van der Waals surface area contributed by atoms with E-state index in [1.807, 2.05) is 0 Å². The third-order valence-electron chi connectivity index (χ3n) is 0.969. The predicted molar refractivity (Wildman–Crippen MR) is 26.1 cm³/mol. The molecular weight excluding hydrogens is 108 g/mol. The maximum Gasteiger partial charge on any atom is 0.0647 e. The highest BCUT2D eigenvalue weighted by Crippen LogP contribution is 1.94. The fourth-order valence-electron chi connectivity index (χ4n) is 0.508. The third-order valence-corrected chi connectivity index (χ3v) is 0.969. The van der Waals surface area contributed by atoms with Gasteiger partial charge in [0.2, 0.25) is 0 Å². The van der Waals surface area contributed by atoms with Crippen LogP contribution in [0.3, 0.4) is 0 Å². The highest BCUT2D eigenvalue weighted by atomic mass is 16.5. The smallest absolute Gasteiger partial charge is 0.0647 e. The van der Waals surface area contributed by atoms with Crippen LogP contribution in [0.5, 0.6) is 0 Å². The van der Waals surface area contributed by atoms with Crippen molar-refractivity contribution in [3.63, 3.8) is 0 Å². The standard InChI is InChI=1S/C4H8N2O2/c7-5-1-2-6(8)4-3-5/h1-2,7-8H,3-4H2. The Morgan fingerprint density at radius 2 is 1.38 bits per heavy atom. The van der Waals surface area contributed by atoms with E-state index in [0.717, 1.165) is 10.1 Å². The van der Waals surface area contributed by atoms with Gasteiger partial charge in [0, 0.05) is 12.4 Å². The molecule has 0 amide bonds. The summed E-state index contributed by atoms with van der Waals surface area (Å²) in [6.45, 7) is 0.903. The van der Waals surface area contributed by atoms with Crippen LogP contribution >= 0.6 is 0 Å². The van der Waals surface area contributed by atoms with Crippen LogP contribution in [0, 0.1) is 0 Å². The van der Waals surface area contributed by atoms with E-state index in [-0.39, 0.29) is 0 Å². The number of hydrogen-bond donors (Lipinski definition) is 2. The molecule has 0 aromatic heterocycles. The predicted octanol–water partition coefficient (Wildman–Crippen LogP) is -0.146. The minimum atomic E-state index is 0.451. The average Bonchev–Trinajstić information content (AvgIpc) is 1.77. The monoisotopic (exact) mass is 116 g/mol. The van der Waals surface area contributed by atoms with E-state index in [1.165, 1.54) is 12.4 Å². The fourth-order valence-corrected chi connectivity index (χ4v) is 0.508. The van der Waals surface area contributed by atoms with Gasteiger partial charge >= 0.3 is 0 Å². The normalized spacial score (nSPS) is 19.8. The fraction of sp³-hybridized carbons (Fsp3) is 0.500. The van der Waals surface area contributed by atoms with Crippen LogP contribution in [-0.4, -0.2) is 33.6 Å². The van der Waals surface area contributed by atoms with Gasteiger partial charge in [-0.15, -0.1) is 0 Å². The summed E-state index contributed by atoms with van der Waals surface area (Å²) in [6.07, 6.45) is 2.78. The molecule has 0 aromatic carbocycles. The van der Waals surface area contributed by atoms with Gasteiger partial charge < -0.3 is 0 Å². The minimum absolute atomic E-state index is 0.451. The lowest BCUT2D eigenvalue weighted by molar-refractivity contribution is -0.110. The van der Waals surface area contributed by atoms with Crippen molar-refractivity contribution in [3.05, 3.63) is 12.4 Å². The molecule has 0 spiro atoms. The van der Waals surface area contributed by atoms with Gasteiger partial charge in [-0.25, -0.2) is 0 Å². The Morgan fingerprint density at radius 3 is 1.62 bits per heavy atom. The second-order valence-electron chi connectivity index (χ2n) is 1.62. The van der Waals surface area contributed by atoms with E-state index in [0.29, 0.717) is 13.1 Å². The Balaban J connectivity index is 2.42. The summed E-state index contributed by atoms with van der Waals surface area (Å²) in [4.78, 5) is 0. The summed E-state index contributed by atoms with van der Waals surface area (Å²) in [7, 11) is 0. The molecule has 4 nitrogen and oxygen atoms in total. The molecule has 0 saturated carbocycles. The summed E-state index contributed by atoms with van der Waals surface area (Å²) in [5.74, 6) is 0. The zero-order valence-electron chi connectivity index (χ0n) is 4.36. The van der Waals surface area contributed by atoms with Gasteiger partial charge in [-0.3, -0.25) is 20.5 Å². The maximum atomic E-state index is 8.64. The van der Waals surface area contributed by atoms with Crippen LogP contribution in [0.15, 0.2) is 12.4 Å². The molecule has 0 aromatic rings. The summed E-state index contributed by atoms with van der Waals surface area (Å²) >= 11 is 0. The first-order valence-electron chi connectivity index (χ1n) is 2.38. The van der Waals surface area contributed by atoms with Crippen molar-refractivity contribution in [2.24, 2.45) is 0 Å². The van der Waals surface area contributed by atoms with Crippen LogP contribution in [0.25, 0.3) is 0 Å². The van der Waals surface area contributed by atoms with E-state index in [4.69, 9.17) is 10.4 Å². The molecule has 1 aliphatic rings. The van der Waals surface area contributed by atoms with Crippen molar-refractivity contribution in [1.29, 1.82) is 0 Å². The molecular formula is C4H8N2O2. The van der Waals surface area contributed by atoms with E-state index in [9.17, 15) is 0 Å². The van der Waals surface area contributed by atoms with Gasteiger partial charge in [-0.2, -0.15) is 0 Å². The first-order chi connectivity index (χ1) is 3.79. The first-order valence-corrected chi connectivity index (χ1v) is 2.38. The number of hydrogen-bond acceptors (Lipinski definition) is 4. The lowest BCUT2D eigenvalue weighted by atomic mass is 10.5. The zero-order valence-corrected chi connectivity index (χ0v) is 4.36. The highest BCUT2D eigenvalue weighted by Gasteiger charge is 2.02. The van der Waals surface area contributed by atoms with Crippen molar-refractivity contribution in [3.8, 4) is 0 Å². The van der Waals surface area contributed by atoms with Gasteiger partial charge in [0.1, 0.15) is 0 Å². The molecule has 0 fully saturated rings. The van der Waals surface area contributed by atoms with Crippen LogP contribution in [-0.2, 0) is 0 Å². The number of nitrogens with zero attached hydrogens (tertiary/aromatic N) is 2. The highest BCUT2D eigenvalue weighted by molar-refractivity contribution is 4.80. The van der Waals surface area contributed by atoms with Gasteiger partial charge in [0.05, 0.1) is 13.1 Å². The van der Waals surface area contributed by atoms with Crippen molar-refractivity contribution in [2.75, 3.05) is 13.1 Å². The molecule has 1 rings (SSSR count). The van der Waals surface area contributed by atoms with Crippen molar-refractivity contribution in [2.45, 2.75) is 0 Å². The minimum Gasteiger partial charge on any atom is -0.289 e. The number of rotatable bonds is 0. The molecule has 8 heavy (non-hydrogen) atoms. The second-order valence-corrected chi connectivity index (χ2v) is 1.62. The van der Waals surface area contributed by atoms with Crippen LogP contribution < -0.4 is 0 Å². The summed E-state index contributed by atoms with van der Waals surface area (Å²) < 4.78 is 0. The maximum absolute atomic E-state index is 8.64. The Bertz CT molecular complexity index is 92.2. The van der Waals surface area contributed by atoms with Crippen molar-refractivity contribution < 1.29 is 10.4 Å². The molecule has 2 N–H and O–H groups in total. The summed E-state index contributed by atoms with van der Waals surface area (Å²) in [5.41, 5.74) is 0. The zero-order chi connectivity index (χ0) is 5.98. The van der Waals surface area contributed by atoms with E-state index in [2.05, 4.69) is 0 Å². The van der Waals surface area contributed by atoms with Crippen LogP contribution in [0.1, 0.15) is 0 Å². The molecule has 4 heteroatoms. The Labute approximate surface area is 47.2 Å². The van der Waals surface area contributed by atoms with Gasteiger partial charge in [-0.1, -0.05) is 0 Å². The van der Waals surface area contributed by atoms with Gasteiger partial charge in [0.15, 0.2) is 0 Å². The molecule has 0 radical (unpaired) electrons. The average molecular weight is 116 g/mol. The van der Waals surface area contributed by atoms with Crippen molar-refractivity contribution in [1.82, 2.24) is 10.1 Å². The van der Waals surface area contributed by atoms with Gasteiger partial charge in [0.25, 0.3) is 0 Å². The molecule has 1 aliphatic heterocycles. The molecule has 0 atom stereocenters. The number of hydroxylamine groups is 4. The first kappa shape index (κ1) is 5.40. The van der Waals surface area contributed by atoms with Crippen LogP contribution in [0.2, 0.25) is 0 Å². The lowest BCUT2D eigenvalue weighted by Crippen LogP contribution is -2.30. The lowest BCUT2D eigenvalue weighted by Gasteiger charge is -2.21. The third kappa shape index (κ3) is 1.11. The summed E-state index contributed by atoms with van der Waals surface area (Å²) in [6, 6.07) is 0. The second kappa shape index (κ2) is 2.02. The largest absolute Gasteiger partial charge is 0.289 e. The molecule has 1 heterocycles. The van der Waals surface area contributed by atoms with Crippen LogP contribution in [0.4, 0.5) is 0 Å². The Morgan fingerprint density at radius 1 is 1.00 bits per heavy atom. The van der Waals surface area contributed by atoms with E-state index in [1.54, 1.807) is 0 Å². The summed E-state index contributed by atoms with van der Waals surface area (Å²) in [5, 5.41) is 19.3. The molecule has 0 bridgehead atoms. The molecule has 0 saturated heterocycles. The van der Waals surface area contributed by atoms with E-state index < -0.39 is 0 Å². The Hall–Kier alpha value is -0.740. The molecule has 0 unspecified atom stereocenters. The van der Waals surface area contributed by atoms with E-state index >= 15 is 0 Å². The SMILES string of the molecule is ON1C=CN(O)CC1. The molecule has 0 aliphatic carbocycles. The Kier molecular flexibility index (Phi) is 1.36. The van der Waals surface area contributed by atoms with Gasteiger partial charge in [-0.05, 0) is 0 Å². The quantitative estimate of drug-likeness (QED) is 0.462. The topological polar surface area (TPSA) is 46.9 Å². The van der Waals surface area contributed by atoms with Crippen molar-refractivity contribution >= 4 is 0 Å². The molecule has 46 valence electrons.